The average Bonchev–Trinajstić information content (AvgIpc) is 3.36. The van der Waals surface area contributed by atoms with Crippen LogP contribution in [0.15, 0.2) is 101 Å². The van der Waals surface area contributed by atoms with Crippen LogP contribution in [-0.2, 0) is 29.0 Å². The van der Waals surface area contributed by atoms with Gasteiger partial charge in [0.1, 0.15) is 11.5 Å². The number of rotatable bonds is 7. The lowest BCUT2D eigenvalue weighted by Crippen LogP contribution is -2.35. The van der Waals surface area contributed by atoms with Crippen LogP contribution < -0.4 is 5.32 Å². The second-order valence-electron chi connectivity index (χ2n) is 8.92. The topological polar surface area (TPSA) is 62.6 Å². The van der Waals surface area contributed by atoms with E-state index in [1.807, 2.05) is 83.8 Å². The third-order valence-corrected chi connectivity index (χ3v) is 6.33. The monoisotopic (exact) mass is 476 g/mol. The summed E-state index contributed by atoms with van der Waals surface area (Å²) in [5, 5.41) is 2.91. The Morgan fingerprint density at radius 1 is 0.917 bits per heavy atom. The zero-order valence-electron chi connectivity index (χ0n) is 20.0. The van der Waals surface area contributed by atoms with E-state index in [4.69, 9.17) is 4.42 Å². The van der Waals surface area contributed by atoms with Gasteiger partial charge in [0.05, 0.1) is 0 Å². The Labute approximate surface area is 211 Å². The molecule has 0 bridgehead atoms. The average molecular weight is 477 g/mol. The molecule has 180 valence electrons. The van der Waals surface area contributed by atoms with Gasteiger partial charge >= 0.3 is 0 Å². The van der Waals surface area contributed by atoms with E-state index in [9.17, 15) is 9.59 Å². The molecule has 1 N–H and O–H groups in total. The van der Waals surface area contributed by atoms with Crippen LogP contribution in [0.1, 0.15) is 28.9 Å². The number of hydrogen-bond acceptors (Lipinski definition) is 3. The van der Waals surface area contributed by atoms with Gasteiger partial charge in [0.2, 0.25) is 11.8 Å². The highest BCUT2D eigenvalue weighted by molar-refractivity contribution is 6.02. The number of carbonyl (C=O) groups excluding carboxylic acids is 2. The van der Waals surface area contributed by atoms with Gasteiger partial charge in [-0.05, 0) is 41.8 Å². The van der Waals surface area contributed by atoms with E-state index in [0.717, 1.165) is 34.6 Å². The third kappa shape index (κ3) is 5.81. The van der Waals surface area contributed by atoms with Gasteiger partial charge in [0, 0.05) is 48.8 Å². The molecule has 1 aliphatic heterocycles. The van der Waals surface area contributed by atoms with E-state index >= 15 is 0 Å². The zero-order valence-corrected chi connectivity index (χ0v) is 20.0. The highest BCUT2D eigenvalue weighted by atomic mass is 16.3. The maximum atomic E-state index is 12.8. The summed E-state index contributed by atoms with van der Waals surface area (Å²) in [5.74, 6) is 1.65. The zero-order chi connectivity index (χ0) is 24.7. The van der Waals surface area contributed by atoms with Crippen molar-refractivity contribution in [2.24, 2.45) is 0 Å². The Balaban J connectivity index is 1.22. The smallest absolute Gasteiger partial charge is 0.248 e. The van der Waals surface area contributed by atoms with Crippen molar-refractivity contribution in [1.82, 2.24) is 4.90 Å². The van der Waals surface area contributed by atoms with Gasteiger partial charge in [-0.1, -0.05) is 72.8 Å². The van der Waals surface area contributed by atoms with Crippen LogP contribution >= 0.6 is 0 Å². The molecule has 36 heavy (non-hydrogen) atoms. The molecule has 5 nitrogen and oxygen atoms in total. The van der Waals surface area contributed by atoms with Crippen LogP contribution in [0.4, 0.5) is 5.69 Å². The minimum absolute atomic E-state index is 0.167. The van der Waals surface area contributed by atoms with E-state index in [2.05, 4.69) is 17.4 Å². The Morgan fingerprint density at radius 2 is 1.69 bits per heavy atom. The number of hydrogen-bond donors (Lipinski definition) is 1. The van der Waals surface area contributed by atoms with E-state index in [1.165, 1.54) is 11.6 Å². The molecule has 0 spiro atoms. The van der Waals surface area contributed by atoms with Gasteiger partial charge in [0.25, 0.3) is 0 Å². The van der Waals surface area contributed by atoms with Gasteiger partial charge in [0.15, 0.2) is 0 Å². The lowest BCUT2D eigenvalue weighted by atomic mass is 10.1. The number of amides is 2. The quantitative estimate of drug-likeness (QED) is 0.327. The molecule has 1 aromatic heterocycles. The second kappa shape index (κ2) is 10.9. The Kier molecular flexibility index (Phi) is 7.08. The minimum atomic E-state index is -0.195. The van der Waals surface area contributed by atoms with Gasteiger partial charge < -0.3 is 14.6 Å². The first-order valence-corrected chi connectivity index (χ1v) is 12.2. The molecular weight excluding hydrogens is 448 g/mol. The number of fused-ring (bicyclic) bond motifs is 1. The Bertz CT molecular complexity index is 1370. The van der Waals surface area contributed by atoms with Crippen molar-refractivity contribution in [2.75, 3.05) is 11.9 Å². The van der Waals surface area contributed by atoms with E-state index in [1.54, 1.807) is 6.08 Å². The molecule has 2 amide bonds. The molecule has 4 aromatic rings. The van der Waals surface area contributed by atoms with Crippen molar-refractivity contribution >= 4 is 23.6 Å². The van der Waals surface area contributed by atoms with Crippen LogP contribution in [0.2, 0.25) is 0 Å². The summed E-state index contributed by atoms with van der Waals surface area (Å²) in [7, 11) is 0. The van der Waals surface area contributed by atoms with Crippen LogP contribution in [0.3, 0.4) is 0 Å². The number of furan rings is 1. The molecule has 0 aliphatic carbocycles. The fourth-order valence-electron chi connectivity index (χ4n) is 4.41. The summed E-state index contributed by atoms with van der Waals surface area (Å²) in [6.45, 7) is 1.23. The standard InChI is InChI=1S/C31H28N2O3/c34-30(16-14-23-8-3-1-4-9-23)32-27-13-7-12-25(20-27)29-21-26-22-33(19-18-28(26)36-29)31(35)17-15-24-10-5-2-6-11-24/h1-14,16,20-21H,15,17-19,22H2,(H,32,34)/b16-14+. The molecule has 0 fully saturated rings. The van der Waals surface area contributed by atoms with E-state index in [0.29, 0.717) is 31.6 Å². The van der Waals surface area contributed by atoms with E-state index < -0.39 is 0 Å². The van der Waals surface area contributed by atoms with Gasteiger partial charge in [-0.2, -0.15) is 0 Å². The normalized spacial score (nSPS) is 12.9. The molecule has 0 atom stereocenters. The van der Waals surface area contributed by atoms with Crippen molar-refractivity contribution in [3.05, 3.63) is 120 Å². The molecule has 0 radical (unpaired) electrons. The number of benzene rings is 3. The lowest BCUT2D eigenvalue weighted by Gasteiger charge is -2.26. The maximum absolute atomic E-state index is 12.8. The number of nitrogens with zero attached hydrogens (tertiary/aromatic N) is 1. The highest BCUT2D eigenvalue weighted by Crippen LogP contribution is 2.31. The summed E-state index contributed by atoms with van der Waals surface area (Å²) in [6.07, 6.45) is 5.26. The number of carbonyl (C=O) groups is 2. The summed E-state index contributed by atoms with van der Waals surface area (Å²) in [5.41, 5.74) is 4.77. The molecule has 0 unspecified atom stereocenters. The molecule has 2 heterocycles. The molecule has 3 aromatic carbocycles. The van der Waals surface area contributed by atoms with Gasteiger partial charge in [-0.25, -0.2) is 0 Å². The molecule has 0 saturated carbocycles. The van der Waals surface area contributed by atoms with Crippen molar-refractivity contribution in [3.8, 4) is 11.3 Å². The SMILES string of the molecule is O=C(/C=C/c1ccccc1)Nc1cccc(-c2cc3c(o2)CCN(C(=O)CCc2ccccc2)C3)c1. The number of anilines is 1. The van der Waals surface area contributed by atoms with Crippen molar-refractivity contribution in [2.45, 2.75) is 25.8 Å². The molecule has 5 rings (SSSR count). The maximum Gasteiger partial charge on any atom is 0.248 e. The summed E-state index contributed by atoms with van der Waals surface area (Å²) in [6, 6.07) is 29.4. The van der Waals surface area contributed by atoms with Crippen LogP contribution in [0, 0.1) is 0 Å². The Morgan fingerprint density at radius 3 is 2.50 bits per heavy atom. The van der Waals surface area contributed by atoms with Gasteiger partial charge in [-0.15, -0.1) is 0 Å². The van der Waals surface area contributed by atoms with Crippen LogP contribution in [-0.4, -0.2) is 23.3 Å². The predicted molar refractivity (Wildman–Crippen MR) is 142 cm³/mol. The largest absolute Gasteiger partial charge is 0.461 e. The third-order valence-electron chi connectivity index (χ3n) is 6.33. The fraction of sp³-hybridized carbons (Fsp3) is 0.161. The molecule has 5 heteroatoms. The lowest BCUT2D eigenvalue weighted by molar-refractivity contribution is -0.132. The highest BCUT2D eigenvalue weighted by Gasteiger charge is 2.24. The number of nitrogens with one attached hydrogen (secondary N) is 1. The summed E-state index contributed by atoms with van der Waals surface area (Å²) < 4.78 is 6.15. The Hall–Kier alpha value is -4.38. The van der Waals surface area contributed by atoms with Gasteiger partial charge in [-0.3, -0.25) is 9.59 Å². The predicted octanol–water partition coefficient (Wildman–Crippen LogP) is 6.12. The molecule has 0 saturated heterocycles. The fourth-order valence-corrected chi connectivity index (χ4v) is 4.41. The molecular formula is C31H28N2O3. The van der Waals surface area contributed by atoms with Crippen molar-refractivity contribution in [1.29, 1.82) is 0 Å². The van der Waals surface area contributed by atoms with Crippen molar-refractivity contribution in [3.63, 3.8) is 0 Å². The number of aryl methyl sites for hydroxylation is 1. The summed E-state index contributed by atoms with van der Waals surface area (Å²) >= 11 is 0. The van der Waals surface area contributed by atoms with Crippen LogP contribution in [0.5, 0.6) is 0 Å². The summed E-state index contributed by atoms with van der Waals surface area (Å²) in [4.78, 5) is 27.1. The van der Waals surface area contributed by atoms with E-state index in [-0.39, 0.29) is 11.8 Å². The van der Waals surface area contributed by atoms with Crippen LogP contribution in [0.25, 0.3) is 17.4 Å². The first kappa shape index (κ1) is 23.4. The molecule has 1 aliphatic rings. The second-order valence-corrected chi connectivity index (χ2v) is 8.92. The van der Waals surface area contributed by atoms with Crippen molar-refractivity contribution < 1.29 is 14.0 Å². The first-order valence-electron chi connectivity index (χ1n) is 12.2. The minimum Gasteiger partial charge on any atom is -0.461 e. The first-order chi connectivity index (χ1) is 17.6.